The van der Waals surface area contributed by atoms with Gasteiger partial charge in [0, 0.05) is 56.0 Å². The Balaban J connectivity index is 1.32. The van der Waals surface area contributed by atoms with Crippen LogP contribution in [0.1, 0.15) is 48.3 Å². The molecule has 2 fully saturated rings. The maximum Gasteiger partial charge on any atom is 0.291 e. The zero-order valence-corrected chi connectivity index (χ0v) is 17.4. The molecule has 2 aromatic rings. The van der Waals surface area contributed by atoms with E-state index in [0.717, 1.165) is 61.6 Å². The van der Waals surface area contributed by atoms with Gasteiger partial charge in [-0.15, -0.1) is 0 Å². The van der Waals surface area contributed by atoms with Crippen LogP contribution < -0.4 is 10.4 Å². The SMILES string of the molecule is CN=CCC1=C2N=C(C3CC4CCC(C3)N4C(=O)c3ncn[nH]3)c3cc[nH]c3N2NC1. The van der Waals surface area contributed by atoms with Gasteiger partial charge in [0.1, 0.15) is 18.0 Å². The van der Waals surface area contributed by atoms with Gasteiger partial charge in [-0.05, 0) is 37.3 Å². The van der Waals surface area contributed by atoms with Crippen LogP contribution in [0.2, 0.25) is 0 Å². The Hall–Kier alpha value is -3.27. The lowest BCUT2D eigenvalue weighted by Crippen LogP contribution is -2.48. The Labute approximate surface area is 179 Å². The Morgan fingerprint density at radius 3 is 2.90 bits per heavy atom. The number of carbonyl (C=O) groups excluding carboxylic acids is 1. The molecule has 2 unspecified atom stereocenters. The second-order valence-corrected chi connectivity index (χ2v) is 8.58. The number of hydrogen-bond donors (Lipinski definition) is 3. The van der Waals surface area contributed by atoms with Crippen LogP contribution in [0.4, 0.5) is 5.82 Å². The van der Waals surface area contributed by atoms with Crippen LogP contribution in [0.25, 0.3) is 0 Å². The third-order valence-corrected chi connectivity index (χ3v) is 6.92. The van der Waals surface area contributed by atoms with E-state index < -0.39 is 0 Å². The van der Waals surface area contributed by atoms with E-state index in [1.807, 2.05) is 17.3 Å². The van der Waals surface area contributed by atoms with E-state index in [0.29, 0.717) is 11.7 Å². The third-order valence-electron chi connectivity index (χ3n) is 6.92. The summed E-state index contributed by atoms with van der Waals surface area (Å²) in [6.07, 6.45) is 10.00. The zero-order valence-electron chi connectivity index (χ0n) is 17.4. The number of amides is 1. The molecule has 2 aromatic heterocycles. The minimum atomic E-state index is -0.0358. The second kappa shape index (κ2) is 7.16. The average molecular weight is 419 g/mol. The normalized spacial score (nSPS) is 27.1. The van der Waals surface area contributed by atoms with Crippen molar-refractivity contribution < 1.29 is 4.79 Å². The number of carbonyl (C=O) groups is 1. The lowest BCUT2D eigenvalue weighted by Gasteiger charge is -2.40. The first-order valence-electron chi connectivity index (χ1n) is 10.8. The number of hydrogen-bond acceptors (Lipinski definition) is 7. The Morgan fingerprint density at radius 1 is 1.32 bits per heavy atom. The smallest absolute Gasteiger partial charge is 0.291 e. The molecule has 0 aromatic carbocycles. The standard InChI is InChI=1S/C21H25N9O/c1-22-6-4-12-10-26-30-19(12)27-17(16-5-7-23-20(16)30)13-8-14-2-3-15(9-13)29(14)21(31)18-24-11-25-28-18/h5-7,11,13-15,23,26H,2-4,8-10H2,1H3,(H,24,25,28). The van der Waals surface area contributed by atoms with Gasteiger partial charge >= 0.3 is 0 Å². The summed E-state index contributed by atoms with van der Waals surface area (Å²) in [5.74, 6) is 2.65. The molecule has 0 radical (unpaired) electrons. The molecule has 160 valence electrons. The number of anilines is 1. The highest BCUT2D eigenvalue weighted by molar-refractivity contribution is 6.09. The van der Waals surface area contributed by atoms with Crippen LogP contribution in [0, 0.1) is 5.92 Å². The van der Waals surface area contributed by atoms with E-state index >= 15 is 0 Å². The summed E-state index contributed by atoms with van der Waals surface area (Å²) >= 11 is 0. The molecule has 1 amide bonds. The molecule has 31 heavy (non-hydrogen) atoms. The van der Waals surface area contributed by atoms with Crippen molar-refractivity contribution in [3.8, 4) is 0 Å². The number of piperidine rings is 1. The number of nitrogens with zero attached hydrogens (tertiary/aromatic N) is 6. The molecular formula is C21H25N9O. The lowest BCUT2D eigenvalue weighted by molar-refractivity contribution is 0.0553. The molecule has 0 saturated carbocycles. The van der Waals surface area contributed by atoms with Crippen LogP contribution in [0.15, 0.2) is 40.0 Å². The molecular weight excluding hydrogens is 394 g/mol. The van der Waals surface area contributed by atoms with Gasteiger partial charge in [0.05, 0.1) is 5.71 Å². The van der Waals surface area contributed by atoms with E-state index in [2.05, 4.69) is 41.7 Å². The highest BCUT2D eigenvalue weighted by Crippen LogP contribution is 2.43. The van der Waals surface area contributed by atoms with E-state index in [1.54, 1.807) is 7.05 Å². The number of aromatic amines is 2. The van der Waals surface area contributed by atoms with E-state index in [4.69, 9.17) is 4.99 Å². The molecule has 3 N–H and O–H groups in total. The summed E-state index contributed by atoms with van der Waals surface area (Å²) in [6, 6.07) is 2.55. The van der Waals surface area contributed by atoms with Crippen molar-refractivity contribution in [1.29, 1.82) is 0 Å². The van der Waals surface area contributed by atoms with Gasteiger partial charge < -0.3 is 14.9 Å². The van der Waals surface area contributed by atoms with Gasteiger partial charge in [-0.3, -0.25) is 9.89 Å². The topological polar surface area (TPSA) is 118 Å². The number of rotatable bonds is 4. The summed E-state index contributed by atoms with van der Waals surface area (Å²) in [6.45, 7) is 0.770. The summed E-state index contributed by atoms with van der Waals surface area (Å²) in [5, 5.41) is 8.63. The van der Waals surface area contributed by atoms with E-state index in [9.17, 15) is 4.79 Å². The Bertz CT molecular complexity index is 1080. The number of hydrazine groups is 1. The molecule has 0 aliphatic carbocycles. The Kier molecular flexibility index (Phi) is 4.27. The monoisotopic (exact) mass is 419 g/mol. The van der Waals surface area contributed by atoms with Crippen molar-refractivity contribution in [3.05, 3.63) is 41.4 Å². The number of aliphatic imine (C=N–C) groups is 2. The van der Waals surface area contributed by atoms with Crippen molar-refractivity contribution in [2.45, 2.75) is 44.2 Å². The number of fused-ring (bicyclic) bond motifs is 5. The van der Waals surface area contributed by atoms with Crippen LogP contribution in [-0.4, -0.2) is 68.6 Å². The molecule has 4 aliphatic rings. The van der Waals surface area contributed by atoms with Gasteiger partial charge in [-0.2, -0.15) is 5.10 Å². The molecule has 10 nitrogen and oxygen atoms in total. The van der Waals surface area contributed by atoms with Crippen LogP contribution in [-0.2, 0) is 0 Å². The average Bonchev–Trinajstić information content (AvgIpc) is 3.57. The summed E-state index contributed by atoms with van der Waals surface area (Å²) < 4.78 is 0. The molecule has 2 bridgehead atoms. The van der Waals surface area contributed by atoms with Crippen molar-refractivity contribution in [2.75, 3.05) is 18.6 Å². The highest BCUT2D eigenvalue weighted by Gasteiger charge is 2.46. The van der Waals surface area contributed by atoms with Crippen molar-refractivity contribution >= 4 is 23.7 Å². The summed E-state index contributed by atoms with van der Waals surface area (Å²) in [5.41, 5.74) is 6.97. The second-order valence-electron chi connectivity index (χ2n) is 8.58. The third kappa shape index (κ3) is 2.85. The molecule has 6 rings (SSSR count). The largest absolute Gasteiger partial charge is 0.346 e. The first kappa shape index (κ1) is 18.5. The fourth-order valence-corrected chi connectivity index (χ4v) is 5.57. The summed E-state index contributed by atoms with van der Waals surface area (Å²) in [7, 11) is 1.80. The van der Waals surface area contributed by atoms with Crippen molar-refractivity contribution in [3.63, 3.8) is 0 Å². The first-order chi connectivity index (χ1) is 15.2. The van der Waals surface area contributed by atoms with Crippen LogP contribution in [0.3, 0.4) is 0 Å². The highest BCUT2D eigenvalue weighted by atomic mass is 16.2. The lowest BCUT2D eigenvalue weighted by atomic mass is 9.83. The minimum Gasteiger partial charge on any atom is -0.346 e. The van der Waals surface area contributed by atoms with Gasteiger partial charge in [-0.25, -0.2) is 20.4 Å². The van der Waals surface area contributed by atoms with Gasteiger partial charge in [-0.1, -0.05) is 0 Å². The number of aromatic nitrogens is 4. The van der Waals surface area contributed by atoms with Gasteiger partial charge in [0.15, 0.2) is 0 Å². The quantitative estimate of drug-likeness (QED) is 0.652. The van der Waals surface area contributed by atoms with E-state index in [1.165, 1.54) is 11.9 Å². The summed E-state index contributed by atoms with van der Waals surface area (Å²) in [4.78, 5) is 31.8. The predicted molar refractivity (Wildman–Crippen MR) is 116 cm³/mol. The van der Waals surface area contributed by atoms with Gasteiger partial charge in [0.25, 0.3) is 5.91 Å². The maximum absolute atomic E-state index is 13.0. The fraction of sp³-hybridized carbons (Fsp3) is 0.476. The number of H-pyrrole nitrogens is 2. The van der Waals surface area contributed by atoms with Crippen LogP contribution in [0.5, 0.6) is 0 Å². The predicted octanol–water partition coefficient (Wildman–Crippen LogP) is 1.65. The van der Waals surface area contributed by atoms with E-state index in [-0.39, 0.29) is 18.0 Å². The number of nitrogens with one attached hydrogen (secondary N) is 3. The molecule has 10 heteroatoms. The minimum absolute atomic E-state index is 0.0358. The van der Waals surface area contributed by atoms with Crippen molar-refractivity contribution in [2.24, 2.45) is 15.9 Å². The first-order valence-corrected chi connectivity index (χ1v) is 10.8. The van der Waals surface area contributed by atoms with Crippen LogP contribution >= 0.6 is 0 Å². The molecule has 0 spiro atoms. The van der Waals surface area contributed by atoms with Crippen molar-refractivity contribution in [1.82, 2.24) is 30.5 Å². The van der Waals surface area contributed by atoms with Gasteiger partial charge in [0.2, 0.25) is 5.82 Å². The fourth-order valence-electron chi connectivity index (χ4n) is 5.57. The zero-order chi connectivity index (χ0) is 20.9. The molecule has 2 atom stereocenters. The molecule has 4 aliphatic heterocycles. The maximum atomic E-state index is 13.0. The Morgan fingerprint density at radius 2 is 2.16 bits per heavy atom. The molecule has 6 heterocycles. The molecule has 2 saturated heterocycles.